The van der Waals surface area contributed by atoms with Crippen LogP contribution in [-0.2, 0) is 9.53 Å². The SMILES string of the molecule is CCCCC(=O)O[C@@H](C)C(=O)c1ccc(O)cc1. The highest BCUT2D eigenvalue weighted by Gasteiger charge is 2.18. The van der Waals surface area contributed by atoms with Crippen LogP contribution in [0, 0.1) is 0 Å². The minimum atomic E-state index is -0.793. The van der Waals surface area contributed by atoms with Crippen molar-refractivity contribution in [2.75, 3.05) is 0 Å². The summed E-state index contributed by atoms with van der Waals surface area (Å²) in [7, 11) is 0. The van der Waals surface area contributed by atoms with Crippen LogP contribution in [0.4, 0.5) is 0 Å². The molecule has 1 atom stereocenters. The van der Waals surface area contributed by atoms with Crippen LogP contribution in [0.3, 0.4) is 0 Å². The Morgan fingerprint density at radius 3 is 2.44 bits per heavy atom. The van der Waals surface area contributed by atoms with E-state index in [0.29, 0.717) is 12.0 Å². The first-order chi connectivity index (χ1) is 8.54. The number of hydrogen-bond donors (Lipinski definition) is 1. The largest absolute Gasteiger partial charge is 0.508 e. The maximum absolute atomic E-state index is 11.9. The van der Waals surface area contributed by atoms with Crippen molar-refractivity contribution in [3.63, 3.8) is 0 Å². The fourth-order valence-electron chi connectivity index (χ4n) is 1.49. The summed E-state index contributed by atoms with van der Waals surface area (Å²) in [6, 6.07) is 5.87. The summed E-state index contributed by atoms with van der Waals surface area (Å²) in [5.74, 6) is -0.518. The molecule has 0 amide bonds. The van der Waals surface area contributed by atoms with Gasteiger partial charge in [-0.15, -0.1) is 0 Å². The Kier molecular flexibility index (Phi) is 5.36. The molecule has 1 rings (SSSR count). The van der Waals surface area contributed by atoms with E-state index in [-0.39, 0.29) is 17.5 Å². The van der Waals surface area contributed by atoms with E-state index in [9.17, 15) is 9.59 Å². The van der Waals surface area contributed by atoms with E-state index < -0.39 is 6.10 Å². The van der Waals surface area contributed by atoms with Gasteiger partial charge in [0.1, 0.15) is 5.75 Å². The molecule has 0 aliphatic carbocycles. The summed E-state index contributed by atoms with van der Waals surface area (Å²) in [5.41, 5.74) is 0.420. The number of ether oxygens (including phenoxy) is 1. The summed E-state index contributed by atoms with van der Waals surface area (Å²) in [5, 5.41) is 9.12. The van der Waals surface area contributed by atoms with Crippen molar-refractivity contribution in [3.8, 4) is 5.75 Å². The molecule has 1 aromatic rings. The summed E-state index contributed by atoms with van der Waals surface area (Å²) in [4.78, 5) is 23.3. The number of aromatic hydroxyl groups is 1. The van der Waals surface area contributed by atoms with Crippen molar-refractivity contribution in [2.45, 2.75) is 39.2 Å². The summed E-state index contributed by atoms with van der Waals surface area (Å²) in [6.45, 7) is 3.54. The van der Waals surface area contributed by atoms with E-state index in [4.69, 9.17) is 9.84 Å². The van der Waals surface area contributed by atoms with Crippen molar-refractivity contribution >= 4 is 11.8 Å². The highest BCUT2D eigenvalue weighted by atomic mass is 16.5. The van der Waals surface area contributed by atoms with Gasteiger partial charge in [-0.2, -0.15) is 0 Å². The van der Waals surface area contributed by atoms with Gasteiger partial charge in [0.25, 0.3) is 0 Å². The van der Waals surface area contributed by atoms with Gasteiger partial charge in [-0.1, -0.05) is 13.3 Å². The number of unbranched alkanes of at least 4 members (excludes halogenated alkanes) is 1. The molecule has 0 saturated carbocycles. The molecule has 0 fully saturated rings. The second kappa shape index (κ2) is 6.79. The zero-order valence-corrected chi connectivity index (χ0v) is 10.7. The number of phenolic OH excluding ortho intramolecular Hbond substituents is 1. The van der Waals surface area contributed by atoms with Gasteiger partial charge in [-0.25, -0.2) is 0 Å². The molecule has 0 unspecified atom stereocenters. The average molecular weight is 250 g/mol. The fraction of sp³-hybridized carbons (Fsp3) is 0.429. The van der Waals surface area contributed by atoms with Crippen molar-refractivity contribution in [2.24, 2.45) is 0 Å². The van der Waals surface area contributed by atoms with E-state index >= 15 is 0 Å². The number of carbonyl (C=O) groups is 2. The molecule has 98 valence electrons. The molecule has 0 aliphatic rings. The van der Waals surface area contributed by atoms with Gasteiger partial charge >= 0.3 is 5.97 Å². The number of Topliss-reactive ketones (excluding diaryl/α,β-unsaturated/α-hetero) is 1. The van der Waals surface area contributed by atoms with Crippen LogP contribution in [0.1, 0.15) is 43.5 Å². The summed E-state index contributed by atoms with van der Waals surface area (Å²) < 4.78 is 5.05. The van der Waals surface area contributed by atoms with Gasteiger partial charge in [0, 0.05) is 12.0 Å². The van der Waals surface area contributed by atoms with E-state index in [1.54, 1.807) is 6.92 Å². The first kappa shape index (κ1) is 14.2. The van der Waals surface area contributed by atoms with E-state index in [1.165, 1.54) is 24.3 Å². The molecule has 1 N–H and O–H groups in total. The molecule has 0 saturated heterocycles. The van der Waals surface area contributed by atoms with Crippen LogP contribution >= 0.6 is 0 Å². The van der Waals surface area contributed by atoms with Crippen molar-refractivity contribution in [1.29, 1.82) is 0 Å². The van der Waals surface area contributed by atoms with Gasteiger partial charge in [0.15, 0.2) is 6.10 Å². The highest BCUT2D eigenvalue weighted by Crippen LogP contribution is 2.13. The molecule has 0 heterocycles. The quantitative estimate of drug-likeness (QED) is 0.622. The van der Waals surface area contributed by atoms with Crippen LogP contribution < -0.4 is 0 Å². The third-order valence-electron chi connectivity index (χ3n) is 2.56. The second-order valence-electron chi connectivity index (χ2n) is 4.15. The van der Waals surface area contributed by atoms with Crippen molar-refractivity contribution in [3.05, 3.63) is 29.8 Å². The molecule has 0 bridgehead atoms. The Balaban J connectivity index is 2.56. The Hall–Kier alpha value is -1.84. The first-order valence-electron chi connectivity index (χ1n) is 6.07. The fourth-order valence-corrected chi connectivity index (χ4v) is 1.49. The molecule has 4 heteroatoms. The summed E-state index contributed by atoms with van der Waals surface area (Å²) >= 11 is 0. The first-order valence-corrected chi connectivity index (χ1v) is 6.07. The lowest BCUT2D eigenvalue weighted by atomic mass is 10.1. The zero-order valence-electron chi connectivity index (χ0n) is 10.7. The van der Waals surface area contributed by atoms with E-state index in [0.717, 1.165) is 12.8 Å². The smallest absolute Gasteiger partial charge is 0.306 e. The lowest BCUT2D eigenvalue weighted by molar-refractivity contribution is -0.146. The lowest BCUT2D eigenvalue weighted by Crippen LogP contribution is -2.24. The number of rotatable bonds is 6. The van der Waals surface area contributed by atoms with Crippen molar-refractivity contribution in [1.82, 2.24) is 0 Å². The van der Waals surface area contributed by atoms with Crippen LogP contribution in [0.25, 0.3) is 0 Å². The Bertz CT molecular complexity index is 408. The third-order valence-corrected chi connectivity index (χ3v) is 2.56. The van der Waals surface area contributed by atoms with E-state index in [2.05, 4.69) is 0 Å². The molecule has 4 nitrogen and oxygen atoms in total. The van der Waals surface area contributed by atoms with Gasteiger partial charge in [0.05, 0.1) is 0 Å². The standard InChI is InChI=1S/C14H18O4/c1-3-4-5-13(16)18-10(2)14(17)11-6-8-12(15)9-7-11/h6-10,15H,3-5H2,1-2H3/t10-/m0/s1. The van der Waals surface area contributed by atoms with Gasteiger partial charge in [-0.05, 0) is 37.6 Å². The second-order valence-corrected chi connectivity index (χ2v) is 4.15. The Morgan fingerprint density at radius 2 is 1.89 bits per heavy atom. The Morgan fingerprint density at radius 1 is 1.28 bits per heavy atom. The monoisotopic (exact) mass is 250 g/mol. The minimum Gasteiger partial charge on any atom is -0.508 e. The van der Waals surface area contributed by atoms with Gasteiger partial charge in [-0.3, -0.25) is 9.59 Å². The predicted octanol–water partition coefficient (Wildman–Crippen LogP) is 2.70. The molecule has 0 spiro atoms. The number of hydrogen-bond acceptors (Lipinski definition) is 4. The van der Waals surface area contributed by atoms with Crippen LogP contribution in [0.15, 0.2) is 24.3 Å². The molecule has 0 radical (unpaired) electrons. The highest BCUT2D eigenvalue weighted by molar-refractivity contribution is 6.00. The maximum Gasteiger partial charge on any atom is 0.306 e. The number of benzene rings is 1. The molecule has 0 aromatic heterocycles. The van der Waals surface area contributed by atoms with Gasteiger partial charge < -0.3 is 9.84 Å². The predicted molar refractivity (Wildman–Crippen MR) is 67.5 cm³/mol. The van der Waals surface area contributed by atoms with Crippen LogP contribution in [0.5, 0.6) is 5.75 Å². The lowest BCUT2D eigenvalue weighted by Gasteiger charge is -2.12. The summed E-state index contributed by atoms with van der Waals surface area (Å²) in [6.07, 6.45) is 1.22. The molecule has 18 heavy (non-hydrogen) atoms. The van der Waals surface area contributed by atoms with E-state index in [1.807, 2.05) is 6.92 Å². The molecular weight excluding hydrogens is 232 g/mol. The van der Waals surface area contributed by atoms with Crippen LogP contribution in [-0.4, -0.2) is 23.0 Å². The van der Waals surface area contributed by atoms with Crippen LogP contribution in [0.2, 0.25) is 0 Å². The number of esters is 1. The minimum absolute atomic E-state index is 0.0964. The third kappa shape index (κ3) is 4.20. The maximum atomic E-state index is 11.9. The number of ketones is 1. The topological polar surface area (TPSA) is 63.6 Å². The molecule has 1 aromatic carbocycles. The van der Waals surface area contributed by atoms with Gasteiger partial charge in [0.2, 0.25) is 5.78 Å². The molecular formula is C14H18O4. The number of carbonyl (C=O) groups excluding carboxylic acids is 2. The average Bonchev–Trinajstić information content (AvgIpc) is 2.36. The zero-order chi connectivity index (χ0) is 13.5. The number of phenols is 1. The Labute approximate surface area is 107 Å². The van der Waals surface area contributed by atoms with Crippen molar-refractivity contribution < 1.29 is 19.4 Å². The molecule has 0 aliphatic heterocycles. The normalized spacial score (nSPS) is 11.9.